The van der Waals surface area contributed by atoms with Crippen molar-refractivity contribution >= 4 is 17.7 Å². The van der Waals surface area contributed by atoms with Gasteiger partial charge in [0.2, 0.25) is 0 Å². The van der Waals surface area contributed by atoms with Gasteiger partial charge in [0.25, 0.3) is 0 Å². The Kier molecular flexibility index (Phi) is 5.58. The molecule has 0 aliphatic heterocycles. The van der Waals surface area contributed by atoms with Crippen molar-refractivity contribution in [2.45, 2.75) is 33.7 Å². The van der Waals surface area contributed by atoms with Crippen LogP contribution in [0.1, 0.15) is 27.7 Å². The Balaban J connectivity index is 2.72. The highest BCUT2D eigenvalue weighted by molar-refractivity contribution is 5.92. The average Bonchev–Trinajstić information content (AvgIpc) is 2.35. The zero-order valence-electron chi connectivity index (χ0n) is 12.8. The molecular weight excluding hydrogens is 272 g/mol. The lowest BCUT2D eigenvalue weighted by atomic mass is 9.87. The number of carboxylic acids is 1. The highest BCUT2D eigenvalue weighted by Gasteiger charge is 2.32. The molecule has 116 valence electrons. The van der Waals surface area contributed by atoms with Crippen LogP contribution in [0, 0.1) is 5.41 Å². The fraction of sp³-hybridized carbons (Fsp3) is 0.467. The van der Waals surface area contributed by atoms with Crippen molar-refractivity contribution in [1.29, 1.82) is 0 Å². The van der Waals surface area contributed by atoms with Gasteiger partial charge < -0.3 is 20.5 Å². The lowest BCUT2D eigenvalue weighted by Gasteiger charge is -2.27. The summed E-state index contributed by atoms with van der Waals surface area (Å²) in [5.74, 6) is -0.429. The summed E-state index contributed by atoms with van der Waals surface area (Å²) in [6.07, 6.45) is 0. The molecule has 0 aromatic heterocycles. The Hall–Kier alpha value is -2.24. The van der Waals surface area contributed by atoms with E-state index < -0.39 is 23.5 Å². The Morgan fingerprint density at radius 3 is 2.52 bits per heavy atom. The molecular formula is C15H22N2O4. The molecule has 0 bridgehead atoms. The standard InChI is InChI=1S/C15H22N2O4/c1-5-21-11-8-6-7-10(9-11)16-14(20)17-12(13(18)19)15(2,3)4/h6-9,12H,5H2,1-4H3,(H,18,19)(H2,16,17,20)/t12-/m0/s1. The number of carbonyl (C=O) groups excluding carboxylic acids is 1. The number of hydrogen-bond donors (Lipinski definition) is 3. The van der Waals surface area contributed by atoms with Crippen molar-refractivity contribution in [2.24, 2.45) is 5.41 Å². The number of benzene rings is 1. The first-order valence-corrected chi connectivity index (χ1v) is 6.77. The molecule has 1 rings (SSSR count). The number of ether oxygens (including phenoxy) is 1. The number of urea groups is 1. The highest BCUT2D eigenvalue weighted by atomic mass is 16.5. The van der Waals surface area contributed by atoms with Gasteiger partial charge in [0.05, 0.1) is 6.61 Å². The van der Waals surface area contributed by atoms with Crippen LogP contribution in [0.25, 0.3) is 0 Å². The Bertz CT molecular complexity index is 509. The second-order valence-corrected chi connectivity index (χ2v) is 5.70. The Labute approximate surface area is 124 Å². The van der Waals surface area contributed by atoms with Gasteiger partial charge in [-0.25, -0.2) is 9.59 Å². The van der Waals surface area contributed by atoms with E-state index in [1.807, 2.05) is 6.92 Å². The van der Waals surface area contributed by atoms with Gasteiger partial charge in [-0.3, -0.25) is 0 Å². The molecule has 0 aliphatic carbocycles. The van der Waals surface area contributed by atoms with Gasteiger partial charge in [0.15, 0.2) is 0 Å². The molecule has 2 amide bonds. The van der Waals surface area contributed by atoms with Crippen molar-refractivity contribution < 1.29 is 19.4 Å². The number of rotatable bonds is 5. The maximum Gasteiger partial charge on any atom is 0.326 e. The molecule has 6 nitrogen and oxygen atoms in total. The van der Waals surface area contributed by atoms with E-state index in [4.69, 9.17) is 4.74 Å². The van der Waals surface area contributed by atoms with Crippen LogP contribution in [-0.2, 0) is 4.79 Å². The van der Waals surface area contributed by atoms with E-state index in [1.54, 1.807) is 45.0 Å². The van der Waals surface area contributed by atoms with E-state index in [0.29, 0.717) is 18.0 Å². The predicted octanol–water partition coefficient (Wildman–Crippen LogP) is 2.71. The Morgan fingerprint density at radius 1 is 1.33 bits per heavy atom. The van der Waals surface area contributed by atoms with E-state index in [9.17, 15) is 14.7 Å². The van der Waals surface area contributed by atoms with Crippen LogP contribution in [0.5, 0.6) is 5.75 Å². The summed E-state index contributed by atoms with van der Waals surface area (Å²) in [5.41, 5.74) is -0.0485. The van der Waals surface area contributed by atoms with Gasteiger partial charge >= 0.3 is 12.0 Å². The predicted molar refractivity (Wildman–Crippen MR) is 80.6 cm³/mol. The van der Waals surface area contributed by atoms with Crippen molar-refractivity contribution in [3.8, 4) is 5.75 Å². The van der Waals surface area contributed by atoms with E-state index >= 15 is 0 Å². The van der Waals surface area contributed by atoms with Crippen LogP contribution in [0.4, 0.5) is 10.5 Å². The lowest BCUT2D eigenvalue weighted by molar-refractivity contribution is -0.141. The monoisotopic (exact) mass is 294 g/mol. The number of anilines is 1. The molecule has 1 aromatic rings. The zero-order chi connectivity index (χ0) is 16.0. The van der Waals surface area contributed by atoms with Crippen LogP contribution >= 0.6 is 0 Å². The van der Waals surface area contributed by atoms with Crippen molar-refractivity contribution in [2.75, 3.05) is 11.9 Å². The number of carbonyl (C=O) groups is 2. The molecule has 0 saturated heterocycles. The van der Waals surface area contributed by atoms with Gasteiger partial charge in [-0.2, -0.15) is 0 Å². The molecule has 3 N–H and O–H groups in total. The number of amides is 2. The summed E-state index contributed by atoms with van der Waals surface area (Å²) < 4.78 is 5.34. The molecule has 0 radical (unpaired) electrons. The van der Waals surface area contributed by atoms with Crippen LogP contribution in [0.2, 0.25) is 0 Å². The second kappa shape index (κ2) is 6.97. The summed E-state index contributed by atoms with van der Waals surface area (Å²) in [5, 5.41) is 14.2. The number of nitrogens with one attached hydrogen (secondary N) is 2. The first-order valence-electron chi connectivity index (χ1n) is 6.77. The SMILES string of the molecule is CCOc1cccc(NC(=O)N[C@@H](C(=O)O)C(C)(C)C)c1. The summed E-state index contributed by atoms with van der Waals surface area (Å²) >= 11 is 0. The third-order valence-corrected chi connectivity index (χ3v) is 2.79. The summed E-state index contributed by atoms with van der Waals surface area (Å²) in [6, 6.07) is 5.37. The summed E-state index contributed by atoms with van der Waals surface area (Å²) in [7, 11) is 0. The van der Waals surface area contributed by atoms with Gasteiger partial charge in [0.1, 0.15) is 11.8 Å². The topological polar surface area (TPSA) is 87.7 Å². The van der Waals surface area contributed by atoms with Gasteiger partial charge in [-0.1, -0.05) is 26.8 Å². The van der Waals surface area contributed by atoms with Crippen LogP contribution in [0.15, 0.2) is 24.3 Å². The quantitative estimate of drug-likeness (QED) is 0.779. The fourth-order valence-corrected chi connectivity index (χ4v) is 1.78. The largest absolute Gasteiger partial charge is 0.494 e. The van der Waals surface area contributed by atoms with Crippen LogP contribution in [-0.4, -0.2) is 29.8 Å². The highest BCUT2D eigenvalue weighted by Crippen LogP contribution is 2.20. The summed E-state index contributed by atoms with van der Waals surface area (Å²) in [6.45, 7) is 7.65. The summed E-state index contributed by atoms with van der Waals surface area (Å²) in [4.78, 5) is 23.1. The first kappa shape index (κ1) is 16.8. The first-order chi connectivity index (χ1) is 9.74. The zero-order valence-corrected chi connectivity index (χ0v) is 12.8. The van der Waals surface area contributed by atoms with Crippen LogP contribution in [0.3, 0.4) is 0 Å². The molecule has 0 fully saturated rings. The number of carboxylic acid groups (broad SMARTS) is 1. The molecule has 0 spiro atoms. The number of hydrogen-bond acceptors (Lipinski definition) is 3. The van der Waals surface area contributed by atoms with E-state index in [-0.39, 0.29) is 0 Å². The van der Waals surface area contributed by atoms with Gasteiger partial charge in [-0.15, -0.1) is 0 Å². The maximum absolute atomic E-state index is 11.9. The van der Waals surface area contributed by atoms with Crippen LogP contribution < -0.4 is 15.4 Å². The molecule has 1 aromatic carbocycles. The normalized spacial score (nSPS) is 12.4. The molecule has 0 aliphatic rings. The number of aliphatic carboxylic acids is 1. The second-order valence-electron chi connectivity index (χ2n) is 5.70. The molecule has 0 heterocycles. The van der Waals surface area contributed by atoms with Crippen molar-refractivity contribution in [3.63, 3.8) is 0 Å². The minimum atomic E-state index is -1.07. The van der Waals surface area contributed by atoms with E-state index in [1.165, 1.54) is 0 Å². The molecule has 0 saturated carbocycles. The third-order valence-electron chi connectivity index (χ3n) is 2.79. The molecule has 21 heavy (non-hydrogen) atoms. The lowest BCUT2D eigenvalue weighted by Crippen LogP contribution is -2.50. The van der Waals surface area contributed by atoms with Crippen molar-refractivity contribution in [1.82, 2.24) is 5.32 Å². The Morgan fingerprint density at radius 2 is 2.00 bits per heavy atom. The molecule has 6 heteroatoms. The van der Waals surface area contributed by atoms with Gasteiger partial charge in [-0.05, 0) is 24.5 Å². The minimum Gasteiger partial charge on any atom is -0.494 e. The minimum absolute atomic E-state index is 0.529. The van der Waals surface area contributed by atoms with Crippen molar-refractivity contribution in [3.05, 3.63) is 24.3 Å². The fourth-order valence-electron chi connectivity index (χ4n) is 1.78. The average molecular weight is 294 g/mol. The molecule has 0 unspecified atom stereocenters. The smallest absolute Gasteiger partial charge is 0.326 e. The maximum atomic E-state index is 11.9. The van der Waals surface area contributed by atoms with E-state index in [0.717, 1.165) is 0 Å². The van der Waals surface area contributed by atoms with Gasteiger partial charge in [0, 0.05) is 11.8 Å². The van der Waals surface area contributed by atoms with E-state index in [2.05, 4.69) is 10.6 Å². The molecule has 1 atom stereocenters. The third kappa shape index (κ3) is 5.33.